The van der Waals surface area contributed by atoms with Gasteiger partial charge in [0, 0.05) is 29.7 Å². The van der Waals surface area contributed by atoms with Crippen molar-refractivity contribution < 1.29 is 0 Å². The number of hydrogen-bond donors (Lipinski definition) is 2. The Morgan fingerprint density at radius 3 is 2.63 bits per heavy atom. The van der Waals surface area contributed by atoms with Gasteiger partial charge < -0.3 is 5.73 Å². The van der Waals surface area contributed by atoms with Gasteiger partial charge in [0.15, 0.2) is 0 Å². The minimum absolute atomic E-state index is 0.0622. The molecule has 0 amide bonds. The largest absolute Gasteiger partial charge is 0.384 e. The van der Waals surface area contributed by atoms with Crippen LogP contribution >= 0.6 is 11.6 Å². The Labute approximate surface area is 120 Å². The van der Waals surface area contributed by atoms with Crippen molar-refractivity contribution in [3.8, 4) is 0 Å². The second kappa shape index (κ2) is 5.93. The summed E-state index contributed by atoms with van der Waals surface area (Å²) in [5.74, 6) is 0.935. The molecule has 3 nitrogen and oxygen atoms in total. The maximum Gasteiger partial charge on any atom is 0.122 e. The smallest absolute Gasteiger partial charge is 0.122 e. The first-order valence-electron chi connectivity index (χ1n) is 6.84. The Morgan fingerprint density at radius 1 is 1.47 bits per heavy atom. The molecule has 0 aromatic heterocycles. The number of nitrogens with zero attached hydrogens (tertiary/aromatic N) is 1. The SMILES string of the molecule is CC(C)N(Cc1ccc(C(=N)N)cc1Cl)CC1CC1. The van der Waals surface area contributed by atoms with Crippen molar-refractivity contribution in [3.05, 3.63) is 34.3 Å². The lowest BCUT2D eigenvalue weighted by Gasteiger charge is -2.27. The highest BCUT2D eigenvalue weighted by Gasteiger charge is 2.25. The van der Waals surface area contributed by atoms with Gasteiger partial charge in [-0.05, 0) is 44.2 Å². The number of nitrogen functional groups attached to an aromatic ring is 1. The van der Waals surface area contributed by atoms with E-state index in [1.807, 2.05) is 12.1 Å². The summed E-state index contributed by atoms with van der Waals surface area (Å²) in [6, 6.07) is 6.17. The molecule has 3 N–H and O–H groups in total. The maximum atomic E-state index is 7.42. The van der Waals surface area contributed by atoms with E-state index in [-0.39, 0.29) is 5.84 Å². The lowest BCUT2D eigenvalue weighted by molar-refractivity contribution is 0.204. The third-order valence-corrected chi connectivity index (χ3v) is 4.01. The van der Waals surface area contributed by atoms with Crippen LogP contribution in [-0.4, -0.2) is 23.3 Å². The number of amidine groups is 1. The molecule has 0 heterocycles. The van der Waals surface area contributed by atoms with Crippen LogP contribution in [0, 0.1) is 11.3 Å². The van der Waals surface area contributed by atoms with Gasteiger partial charge in [-0.1, -0.05) is 23.7 Å². The predicted octanol–water partition coefficient (Wildman–Crippen LogP) is 3.24. The fourth-order valence-corrected chi connectivity index (χ4v) is 2.39. The zero-order chi connectivity index (χ0) is 14.0. The van der Waals surface area contributed by atoms with E-state index in [1.54, 1.807) is 6.07 Å². The summed E-state index contributed by atoms with van der Waals surface area (Å²) >= 11 is 6.30. The van der Waals surface area contributed by atoms with E-state index >= 15 is 0 Å². The summed E-state index contributed by atoms with van der Waals surface area (Å²) in [6.07, 6.45) is 2.72. The molecule has 104 valence electrons. The standard InChI is InChI=1S/C15H22ClN3/c1-10(2)19(8-11-3-4-11)9-13-6-5-12(15(17)18)7-14(13)16/h5-7,10-11H,3-4,8-9H2,1-2H3,(H3,17,18). The molecule has 2 rings (SSSR count). The van der Waals surface area contributed by atoms with E-state index in [4.69, 9.17) is 22.7 Å². The van der Waals surface area contributed by atoms with Crippen molar-refractivity contribution in [1.82, 2.24) is 4.90 Å². The monoisotopic (exact) mass is 279 g/mol. The van der Waals surface area contributed by atoms with Crippen molar-refractivity contribution in [3.63, 3.8) is 0 Å². The van der Waals surface area contributed by atoms with Crippen LogP contribution in [0.1, 0.15) is 37.8 Å². The molecule has 0 spiro atoms. The minimum atomic E-state index is 0.0622. The summed E-state index contributed by atoms with van der Waals surface area (Å²) in [5.41, 5.74) is 7.27. The van der Waals surface area contributed by atoms with E-state index in [2.05, 4.69) is 18.7 Å². The molecule has 1 aromatic rings. The normalized spacial score (nSPS) is 15.2. The van der Waals surface area contributed by atoms with E-state index < -0.39 is 0 Å². The van der Waals surface area contributed by atoms with E-state index in [0.717, 1.165) is 24.6 Å². The molecule has 1 aliphatic rings. The maximum absolute atomic E-state index is 7.42. The molecule has 0 radical (unpaired) electrons. The van der Waals surface area contributed by atoms with E-state index in [0.29, 0.717) is 16.6 Å². The Morgan fingerprint density at radius 2 is 2.16 bits per heavy atom. The summed E-state index contributed by atoms with van der Waals surface area (Å²) < 4.78 is 0. The van der Waals surface area contributed by atoms with Gasteiger partial charge in [-0.15, -0.1) is 0 Å². The summed E-state index contributed by atoms with van der Waals surface area (Å²) in [4.78, 5) is 2.46. The third-order valence-electron chi connectivity index (χ3n) is 3.66. The van der Waals surface area contributed by atoms with Crippen LogP contribution < -0.4 is 5.73 Å². The van der Waals surface area contributed by atoms with Crippen molar-refractivity contribution in [2.24, 2.45) is 11.7 Å². The van der Waals surface area contributed by atoms with Crippen LogP contribution in [-0.2, 0) is 6.54 Å². The van der Waals surface area contributed by atoms with Crippen LogP contribution in [0.3, 0.4) is 0 Å². The van der Waals surface area contributed by atoms with Gasteiger partial charge in [0.1, 0.15) is 5.84 Å². The van der Waals surface area contributed by atoms with Crippen LogP contribution in [0.25, 0.3) is 0 Å². The lowest BCUT2D eigenvalue weighted by Crippen LogP contribution is -2.32. The first kappa shape index (κ1) is 14.4. The molecule has 0 bridgehead atoms. The number of halogens is 1. The second-order valence-electron chi connectivity index (χ2n) is 5.69. The van der Waals surface area contributed by atoms with Crippen molar-refractivity contribution >= 4 is 17.4 Å². The highest BCUT2D eigenvalue weighted by atomic mass is 35.5. The molecule has 0 aliphatic heterocycles. The third kappa shape index (κ3) is 3.95. The average molecular weight is 280 g/mol. The van der Waals surface area contributed by atoms with Gasteiger partial charge in [-0.2, -0.15) is 0 Å². The molecule has 4 heteroatoms. The summed E-state index contributed by atoms with van der Waals surface area (Å²) in [5, 5.41) is 8.12. The highest BCUT2D eigenvalue weighted by molar-refractivity contribution is 6.31. The zero-order valence-corrected chi connectivity index (χ0v) is 12.4. The van der Waals surface area contributed by atoms with Crippen molar-refractivity contribution in [2.45, 2.75) is 39.3 Å². The first-order valence-corrected chi connectivity index (χ1v) is 7.22. The summed E-state index contributed by atoms with van der Waals surface area (Å²) in [6.45, 7) is 6.47. The number of nitrogens with two attached hydrogens (primary N) is 1. The number of benzene rings is 1. The Balaban J connectivity index is 2.09. The molecule has 0 atom stereocenters. The molecule has 1 aromatic carbocycles. The molecule has 0 unspecified atom stereocenters. The predicted molar refractivity (Wildman–Crippen MR) is 80.7 cm³/mol. The molecular weight excluding hydrogens is 258 g/mol. The molecular formula is C15H22ClN3. The van der Waals surface area contributed by atoms with Gasteiger partial charge >= 0.3 is 0 Å². The quantitative estimate of drug-likeness (QED) is 0.620. The number of hydrogen-bond acceptors (Lipinski definition) is 2. The average Bonchev–Trinajstić information content (AvgIpc) is 3.14. The van der Waals surface area contributed by atoms with Crippen molar-refractivity contribution in [1.29, 1.82) is 5.41 Å². The second-order valence-corrected chi connectivity index (χ2v) is 6.09. The number of rotatable bonds is 6. The molecule has 0 saturated heterocycles. The fourth-order valence-electron chi connectivity index (χ4n) is 2.15. The van der Waals surface area contributed by atoms with Crippen LogP contribution in [0.2, 0.25) is 5.02 Å². The lowest BCUT2D eigenvalue weighted by atomic mass is 10.1. The fraction of sp³-hybridized carbons (Fsp3) is 0.533. The minimum Gasteiger partial charge on any atom is -0.384 e. The zero-order valence-electron chi connectivity index (χ0n) is 11.6. The van der Waals surface area contributed by atoms with E-state index in [1.165, 1.54) is 12.8 Å². The first-order chi connectivity index (χ1) is 8.97. The van der Waals surface area contributed by atoms with Crippen LogP contribution in [0.4, 0.5) is 0 Å². The van der Waals surface area contributed by atoms with Gasteiger partial charge in [0.25, 0.3) is 0 Å². The van der Waals surface area contributed by atoms with Gasteiger partial charge in [-0.25, -0.2) is 0 Å². The van der Waals surface area contributed by atoms with Crippen molar-refractivity contribution in [2.75, 3.05) is 6.54 Å². The van der Waals surface area contributed by atoms with Gasteiger partial charge in [-0.3, -0.25) is 10.3 Å². The van der Waals surface area contributed by atoms with Crippen LogP contribution in [0.5, 0.6) is 0 Å². The van der Waals surface area contributed by atoms with Crippen LogP contribution in [0.15, 0.2) is 18.2 Å². The molecule has 1 saturated carbocycles. The molecule has 1 fully saturated rings. The topological polar surface area (TPSA) is 53.1 Å². The van der Waals surface area contributed by atoms with E-state index in [9.17, 15) is 0 Å². The van der Waals surface area contributed by atoms with Gasteiger partial charge in [0.05, 0.1) is 0 Å². The Kier molecular flexibility index (Phi) is 4.48. The molecule has 19 heavy (non-hydrogen) atoms. The molecule has 1 aliphatic carbocycles. The number of nitrogens with one attached hydrogen (secondary N) is 1. The summed E-state index contributed by atoms with van der Waals surface area (Å²) in [7, 11) is 0. The Hall–Kier alpha value is -1.06. The van der Waals surface area contributed by atoms with Gasteiger partial charge in [0.2, 0.25) is 0 Å². The Bertz CT molecular complexity index is 466. The highest BCUT2D eigenvalue weighted by Crippen LogP contribution is 2.31.